The van der Waals surface area contributed by atoms with Gasteiger partial charge in [-0.3, -0.25) is 0 Å². The summed E-state index contributed by atoms with van der Waals surface area (Å²) in [6.45, 7) is 5.59. The van der Waals surface area contributed by atoms with E-state index in [0.717, 1.165) is 23.4 Å². The minimum atomic E-state index is 0.495. The first-order chi connectivity index (χ1) is 8.22. The van der Waals surface area contributed by atoms with E-state index in [-0.39, 0.29) is 0 Å². The summed E-state index contributed by atoms with van der Waals surface area (Å²) in [5.41, 5.74) is 1.38. The molecule has 0 aromatic heterocycles. The van der Waals surface area contributed by atoms with Crippen molar-refractivity contribution in [2.75, 3.05) is 6.54 Å². The molecule has 2 rings (SSSR count). The summed E-state index contributed by atoms with van der Waals surface area (Å²) in [6, 6.07) is 8.83. The zero-order valence-corrected chi connectivity index (χ0v) is 11.5. The van der Waals surface area contributed by atoms with Crippen LogP contribution in [0.3, 0.4) is 0 Å². The number of nitrogens with one attached hydrogen (secondary N) is 1. The Balaban J connectivity index is 2.18. The van der Waals surface area contributed by atoms with Gasteiger partial charge >= 0.3 is 0 Å². The van der Waals surface area contributed by atoms with E-state index in [1.165, 1.54) is 24.8 Å². The Morgan fingerprint density at radius 3 is 2.53 bits per heavy atom. The molecule has 94 valence electrons. The normalized spacial score (nSPS) is 26.1. The second kappa shape index (κ2) is 5.88. The summed E-state index contributed by atoms with van der Waals surface area (Å²) in [5, 5.41) is 4.47. The van der Waals surface area contributed by atoms with Gasteiger partial charge in [-0.15, -0.1) is 0 Å². The Labute approximate surface area is 110 Å². The highest BCUT2D eigenvalue weighted by molar-refractivity contribution is 6.30. The molecule has 1 fully saturated rings. The summed E-state index contributed by atoms with van der Waals surface area (Å²) >= 11 is 5.96. The molecule has 3 unspecified atom stereocenters. The predicted octanol–water partition coefficient (Wildman–Crippen LogP) is 4.43. The number of benzene rings is 1. The van der Waals surface area contributed by atoms with Crippen LogP contribution >= 0.6 is 11.6 Å². The van der Waals surface area contributed by atoms with Crippen LogP contribution in [0.15, 0.2) is 24.3 Å². The van der Waals surface area contributed by atoms with Gasteiger partial charge in [0, 0.05) is 11.1 Å². The molecule has 1 aliphatic rings. The molecule has 1 aromatic rings. The fraction of sp³-hybridized carbons (Fsp3) is 0.600. The lowest BCUT2D eigenvalue weighted by molar-refractivity contribution is 0.305. The lowest BCUT2D eigenvalue weighted by Crippen LogP contribution is -2.29. The third-order valence-electron chi connectivity index (χ3n) is 4.01. The zero-order chi connectivity index (χ0) is 12.3. The first kappa shape index (κ1) is 12.9. The number of hydrogen-bond donors (Lipinski definition) is 1. The van der Waals surface area contributed by atoms with Crippen molar-refractivity contribution < 1.29 is 0 Å². The van der Waals surface area contributed by atoms with Gasteiger partial charge in [-0.25, -0.2) is 0 Å². The van der Waals surface area contributed by atoms with E-state index in [1.54, 1.807) is 0 Å². The first-order valence-electron chi connectivity index (χ1n) is 6.71. The third kappa shape index (κ3) is 3.02. The van der Waals surface area contributed by atoms with Crippen molar-refractivity contribution in [2.45, 2.75) is 39.2 Å². The van der Waals surface area contributed by atoms with E-state index in [4.69, 9.17) is 11.6 Å². The van der Waals surface area contributed by atoms with Crippen LogP contribution in [0.25, 0.3) is 0 Å². The van der Waals surface area contributed by atoms with Gasteiger partial charge in [-0.2, -0.15) is 0 Å². The Morgan fingerprint density at radius 1 is 1.29 bits per heavy atom. The molecule has 1 nitrogen and oxygen atoms in total. The Hall–Kier alpha value is -0.530. The molecule has 0 saturated heterocycles. The fourth-order valence-electron chi connectivity index (χ4n) is 3.08. The number of halogens is 1. The first-order valence-corrected chi connectivity index (χ1v) is 7.09. The minimum Gasteiger partial charge on any atom is -0.310 e. The van der Waals surface area contributed by atoms with Crippen molar-refractivity contribution in [2.24, 2.45) is 11.8 Å². The average molecular weight is 252 g/mol. The highest BCUT2D eigenvalue weighted by Gasteiger charge is 2.31. The van der Waals surface area contributed by atoms with Crippen LogP contribution in [0.1, 0.15) is 44.7 Å². The molecule has 0 spiro atoms. The molecule has 1 N–H and O–H groups in total. The lowest BCUT2D eigenvalue weighted by Gasteiger charge is -2.28. The molecule has 0 heterocycles. The molecular formula is C15H22ClN. The SMILES string of the molecule is CCNC(c1ccc(Cl)cc1)C1CCCC1C. The minimum absolute atomic E-state index is 0.495. The van der Waals surface area contributed by atoms with Gasteiger partial charge in [-0.1, -0.05) is 50.4 Å². The number of hydrogen-bond acceptors (Lipinski definition) is 1. The quantitative estimate of drug-likeness (QED) is 0.835. The van der Waals surface area contributed by atoms with Gasteiger partial charge in [0.15, 0.2) is 0 Å². The van der Waals surface area contributed by atoms with E-state index in [0.29, 0.717) is 6.04 Å². The molecular weight excluding hydrogens is 230 g/mol. The maximum absolute atomic E-state index is 5.96. The van der Waals surface area contributed by atoms with E-state index < -0.39 is 0 Å². The van der Waals surface area contributed by atoms with E-state index in [2.05, 4.69) is 31.3 Å². The lowest BCUT2D eigenvalue weighted by atomic mass is 9.86. The van der Waals surface area contributed by atoms with Gasteiger partial charge < -0.3 is 5.32 Å². The fourth-order valence-corrected chi connectivity index (χ4v) is 3.20. The molecule has 1 aliphatic carbocycles. The van der Waals surface area contributed by atoms with Crippen LogP contribution in [0.5, 0.6) is 0 Å². The Kier molecular flexibility index (Phi) is 4.47. The zero-order valence-electron chi connectivity index (χ0n) is 10.7. The van der Waals surface area contributed by atoms with E-state index >= 15 is 0 Å². The monoisotopic (exact) mass is 251 g/mol. The van der Waals surface area contributed by atoms with Gasteiger partial charge in [0.05, 0.1) is 0 Å². The van der Waals surface area contributed by atoms with Gasteiger partial charge in [0.2, 0.25) is 0 Å². The van der Waals surface area contributed by atoms with Gasteiger partial charge in [0.25, 0.3) is 0 Å². The average Bonchev–Trinajstić information content (AvgIpc) is 2.74. The van der Waals surface area contributed by atoms with Crippen molar-refractivity contribution >= 4 is 11.6 Å². The van der Waals surface area contributed by atoms with E-state index in [9.17, 15) is 0 Å². The molecule has 1 aromatic carbocycles. The summed E-state index contributed by atoms with van der Waals surface area (Å²) in [6.07, 6.45) is 4.10. The van der Waals surface area contributed by atoms with Gasteiger partial charge in [-0.05, 0) is 42.5 Å². The molecule has 0 amide bonds. The van der Waals surface area contributed by atoms with Crippen LogP contribution in [0.4, 0.5) is 0 Å². The third-order valence-corrected chi connectivity index (χ3v) is 4.26. The van der Waals surface area contributed by atoms with Crippen LogP contribution in [-0.4, -0.2) is 6.54 Å². The Morgan fingerprint density at radius 2 is 2.00 bits per heavy atom. The second-order valence-electron chi connectivity index (χ2n) is 5.16. The maximum atomic E-state index is 5.96. The summed E-state index contributed by atoms with van der Waals surface area (Å²) in [7, 11) is 0. The van der Waals surface area contributed by atoms with Gasteiger partial charge in [0.1, 0.15) is 0 Å². The van der Waals surface area contributed by atoms with Crippen molar-refractivity contribution in [1.82, 2.24) is 5.32 Å². The van der Waals surface area contributed by atoms with Crippen LogP contribution < -0.4 is 5.32 Å². The molecule has 1 saturated carbocycles. The standard InChI is InChI=1S/C15H22ClN/c1-3-17-15(14-6-4-5-11(14)2)12-7-9-13(16)10-8-12/h7-11,14-15,17H,3-6H2,1-2H3. The van der Waals surface area contributed by atoms with E-state index in [1.807, 2.05) is 12.1 Å². The molecule has 17 heavy (non-hydrogen) atoms. The molecule has 3 atom stereocenters. The molecule has 0 radical (unpaired) electrons. The summed E-state index contributed by atoms with van der Waals surface area (Å²) < 4.78 is 0. The van der Waals surface area contributed by atoms with Crippen LogP contribution in [0.2, 0.25) is 5.02 Å². The maximum Gasteiger partial charge on any atom is 0.0406 e. The van der Waals surface area contributed by atoms with Crippen molar-refractivity contribution in [1.29, 1.82) is 0 Å². The number of rotatable bonds is 4. The topological polar surface area (TPSA) is 12.0 Å². The smallest absolute Gasteiger partial charge is 0.0406 e. The second-order valence-corrected chi connectivity index (χ2v) is 5.60. The highest BCUT2D eigenvalue weighted by Crippen LogP contribution is 2.40. The molecule has 0 aliphatic heterocycles. The predicted molar refractivity (Wildman–Crippen MR) is 74.4 cm³/mol. The highest BCUT2D eigenvalue weighted by atomic mass is 35.5. The van der Waals surface area contributed by atoms with Crippen LogP contribution in [-0.2, 0) is 0 Å². The molecule has 2 heteroatoms. The van der Waals surface area contributed by atoms with Crippen molar-refractivity contribution in [3.05, 3.63) is 34.9 Å². The van der Waals surface area contributed by atoms with Crippen LogP contribution in [0, 0.1) is 11.8 Å². The molecule has 0 bridgehead atoms. The summed E-state index contributed by atoms with van der Waals surface area (Å²) in [5.74, 6) is 1.60. The van der Waals surface area contributed by atoms with Crippen molar-refractivity contribution in [3.8, 4) is 0 Å². The summed E-state index contributed by atoms with van der Waals surface area (Å²) in [4.78, 5) is 0. The largest absolute Gasteiger partial charge is 0.310 e. The Bertz CT molecular complexity index is 346. The van der Waals surface area contributed by atoms with Crippen molar-refractivity contribution in [3.63, 3.8) is 0 Å².